The summed E-state index contributed by atoms with van der Waals surface area (Å²) in [4.78, 5) is 11.3. The van der Waals surface area contributed by atoms with Crippen molar-refractivity contribution in [1.29, 1.82) is 0 Å². The Morgan fingerprint density at radius 1 is 1.47 bits per heavy atom. The Morgan fingerprint density at radius 2 is 2.06 bits per heavy atom. The Bertz CT molecular complexity index is 574. The minimum atomic E-state index is -3.41. The van der Waals surface area contributed by atoms with E-state index in [1.54, 1.807) is 6.07 Å². The first-order valence-electron chi connectivity index (χ1n) is 5.00. The normalized spacial score (nSPS) is 11.2. The molecule has 17 heavy (non-hydrogen) atoms. The molecule has 92 valence electrons. The predicted molar refractivity (Wildman–Crippen MR) is 69.2 cm³/mol. The summed E-state index contributed by atoms with van der Waals surface area (Å²) >= 11 is 5.45. The fraction of sp³-hybridized carbons (Fsp3) is 0.250. The lowest BCUT2D eigenvalue weighted by molar-refractivity contribution is 0.108. The van der Waals surface area contributed by atoms with Crippen molar-refractivity contribution in [2.45, 2.75) is 18.2 Å². The smallest absolute Gasteiger partial charge is 0.252 e. The van der Waals surface area contributed by atoms with Gasteiger partial charge in [-0.15, -0.1) is 0 Å². The van der Waals surface area contributed by atoms with Crippen LogP contribution in [-0.4, -0.2) is 19.9 Å². The van der Waals surface area contributed by atoms with Crippen molar-refractivity contribution in [3.63, 3.8) is 0 Å². The molecular formula is C12H13ClO3S. The second-order valence-electron chi connectivity index (χ2n) is 3.65. The van der Waals surface area contributed by atoms with E-state index in [9.17, 15) is 13.2 Å². The molecule has 0 saturated heterocycles. The number of aryl methyl sites for hydroxylation is 1. The van der Waals surface area contributed by atoms with Crippen LogP contribution in [0.1, 0.15) is 28.4 Å². The van der Waals surface area contributed by atoms with E-state index in [0.717, 1.165) is 6.26 Å². The van der Waals surface area contributed by atoms with Gasteiger partial charge < -0.3 is 0 Å². The highest BCUT2D eigenvalue weighted by Gasteiger charge is 2.17. The number of carbonyl (C=O) groups excluding carboxylic acids is 1. The Morgan fingerprint density at radius 3 is 2.41 bits per heavy atom. The van der Waals surface area contributed by atoms with E-state index in [-0.39, 0.29) is 10.5 Å². The molecule has 0 aliphatic carbocycles. The van der Waals surface area contributed by atoms with Crippen molar-refractivity contribution in [2.24, 2.45) is 0 Å². The number of benzene rings is 1. The molecule has 0 radical (unpaired) electrons. The van der Waals surface area contributed by atoms with Crippen LogP contribution < -0.4 is 0 Å². The molecule has 0 unspecified atom stereocenters. The minimum absolute atomic E-state index is 0.0775. The predicted octanol–water partition coefficient (Wildman–Crippen LogP) is 2.67. The van der Waals surface area contributed by atoms with Crippen LogP contribution in [0.2, 0.25) is 0 Å². The maximum Gasteiger partial charge on any atom is 0.252 e. The topological polar surface area (TPSA) is 51.2 Å². The van der Waals surface area contributed by atoms with E-state index in [4.69, 9.17) is 11.6 Å². The molecule has 5 heteroatoms. The van der Waals surface area contributed by atoms with Gasteiger partial charge in [-0.1, -0.05) is 19.6 Å². The molecule has 0 amide bonds. The summed E-state index contributed by atoms with van der Waals surface area (Å²) in [5.74, 6) is 0. The Labute approximate surface area is 106 Å². The van der Waals surface area contributed by atoms with Crippen LogP contribution in [0.5, 0.6) is 0 Å². The maximum absolute atomic E-state index is 11.6. The minimum Gasteiger partial charge on any atom is -0.276 e. The molecule has 0 N–H and O–H groups in total. The summed E-state index contributed by atoms with van der Waals surface area (Å²) in [6, 6.07) is 2.96. The number of rotatable bonds is 4. The fourth-order valence-electron chi connectivity index (χ4n) is 1.60. The second-order valence-corrected chi connectivity index (χ2v) is 5.98. The van der Waals surface area contributed by atoms with Gasteiger partial charge in [-0.2, -0.15) is 0 Å². The molecule has 0 saturated carbocycles. The van der Waals surface area contributed by atoms with Crippen molar-refractivity contribution in [3.8, 4) is 0 Å². The highest BCUT2D eigenvalue weighted by atomic mass is 35.5. The molecule has 0 aliphatic heterocycles. The number of sulfone groups is 1. The van der Waals surface area contributed by atoms with Crippen LogP contribution in [0.4, 0.5) is 0 Å². The summed E-state index contributed by atoms with van der Waals surface area (Å²) in [7, 11) is -3.41. The third-order valence-electron chi connectivity index (χ3n) is 2.45. The van der Waals surface area contributed by atoms with Crippen molar-refractivity contribution in [2.75, 3.05) is 6.26 Å². The first kappa shape index (κ1) is 13.9. The standard InChI is InChI=1S/C12H13ClO3S/c1-4-8-6-9(5-2)11(17(3,15)16)7-10(8)12(13)14/h5-7H,2,4H2,1,3H3. The van der Waals surface area contributed by atoms with E-state index >= 15 is 0 Å². The van der Waals surface area contributed by atoms with Crippen molar-refractivity contribution in [3.05, 3.63) is 35.4 Å². The van der Waals surface area contributed by atoms with Gasteiger partial charge in [0.05, 0.1) is 4.90 Å². The van der Waals surface area contributed by atoms with E-state index in [0.29, 0.717) is 17.5 Å². The molecule has 0 atom stereocenters. The zero-order valence-electron chi connectivity index (χ0n) is 9.66. The Balaban J connectivity index is 3.68. The molecule has 0 aliphatic rings. The summed E-state index contributed by atoms with van der Waals surface area (Å²) in [5, 5.41) is -0.651. The fourth-order valence-corrected chi connectivity index (χ4v) is 2.68. The molecule has 1 aromatic carbocycles. The summed E-state index contributed by atoms with van der Waals surface area (Å²) < 4.78 is 23.2. The van der Waals surface area contributed by atoms with Crippen molar-refractivity contribution >= 4 is 32.8 Å². The molecule has 0 bridgehead atoms. The van der Waals surface area contributed by atoms with Crippen LogP contribution in [0.15, 0.2) is 23.6 Å². The zero-order valence-corrected chi connectivity index (χ0v) is 11.2. The highest BCUT2D eigenvalue weighted by molar-refractivity contribution is 7.90. The van der Waals surface area contributed by atoms with Crippen molar-refractivity contribution in [1.82, 2.24) is 0 Å². The molecule has 0 aromatic heterocycles. The number of halogens is 1. The van der Waals surface area contributed by atoms with Gasteiger partial charge in [0.15, 0.2) is 9.84 Å². The van der Waals surface area contributed by atoms with E-state index < -0.39 is 15.1 Å². The van der Waals surface area contributed by atoms with Gasteiger partial charge in [0.25, 0.3) is 5.24 Å². The average molecular weight is 273 g/mol. The first-order valence-corrected chi connectivity index (χ1v) is 7.27. The lowest BCUT2D eigenvalue weighted by Crippen LogP contribution is -2.05. The highest BCUT2D eigenvalue weighted by Crippen LogP contribution is 2.24. The van der Waals surface area contributed by atoms with Gasteiger partial charge in [0.2, 0.25) is 0 Å². The molecule has 1 rings (SSSR count). The lowest BCUT2D eigenvalue weighted by Gasteiger charge is -2.10. The van der Waals surface area contributed by atoms with Crippen LogP contribution in [-0.2, 0) is 16.3 Å². The monoisotopic (exact) mass is 272 g/mol. The Hall–Kier alpha value is -1.13. The van der Waals surface area contributed by atoms with Gasteiger partial charge in [0, 0.05) is 11.8 Å². The largest absolute Gasteiger partial charge is 0.276 e. The third-order valence-corrected chi connectivity index (χ3v) is 3.80. The molecule has 1 aromatic rings. The van der Waals surface area contributed by atoms with Crippen molar-refractivity contribution < 1.29 is 13.2 Å². The third kappa shape index (κ3) is 2.96. The van der Waals surface area contributed by atoms with Gasteiger partial charge in [-0.05, 0) is 41.3 Å². The summed E-state index contributed by atoms with van der Waals surface area (Å²) in [5.41, 5.74) is 1.44. The van der Waals surface area contributed by atoms with Crippen LogP contribution in [0.25, 0.3) is 6.08 Å². The zero-order chi connectivity index (χ0) is 13.2. The van der Waals surface area contributed by atoms with Gasteiger partial charge in [0.1, 0.15) is 0 Å². The number of hydrogen-bond acceptors (Lipinski definition) is 3. The molecule has 0 spiro atoms. The first-order chi connectivity index (χ1) is 7.81. The SMILES string of the molecule is C=Cc1cc(CC)c(C(=O)Cl)cc1S(C)(=O)=O. The molecule has 3 nitrogen and oxygen atoms in total. The van der Waals surface area contributed by atoms with Gasteiger partial charge in [-0.3, -0.25) is 4.79 Å². The van der Waals surface area contributed by atoms with Gasteiger partial charge >= 0.3 is 0 Å². The average Bonchev–Trinajstić information content (AvgIpc) is 2.25. The molecular weight excluding hydrogens is 260 g/mol. The molecule has 0 heterocycles. The van der Waals surface area contributed by atoms with E-state index in [1.807, 2.05) is 6.92 Å². The molecule has 0 fully saturated rings. The van der Waals surface area contributed by atoms with E-state index in [2.05, 4.69) is 6.58 Å². The van der Waals surface area contributed by atoms with E-state index in [1.165, 1.54) is 12.1 Å². The van der Waals surface area contributed by atoms with Crippen LogP contribution in [0.3, 0.4) is 0 Å². The van der Waals surface area contributed by atoms with Crippen LogP contribution >= 0.6 is 11.6 Å². The Kier molecular flexibility index (Phi) is 4.11. The maximum atomic E-state index is 11.6. The number of carbonyl (C=O) groups is 1. The second kappa shape index (κ2) is 5.02. The number of hydrogen-bond donors (Lipinski definition) is 0. The summed E-state index contributed by atoms with van der Waals surface area (Å²) in [6.07, 6.45) is 3.14. The quantitative estimate of drug-likeness (QED) is 0.792. The summed E-state index contributed by atoms with van der Waals surface area (Å²) in [6.45, 7) is 5.44. The van der Waals surface area contributed by atoms with Crippen LogP contribution in [0, 0.1) is 0 Å². The lowest BCUT2D eigenvalue weighted by atomic mass is 10.0. The van der Waals surface area contributed by atoms with Gasteiger partial charge in [-0.25, -0.2) is 8.42 Å².